The molecule has 0 unspecified atom stereocenters. The lowest BCUT2D eigenvalue weighted by molar-refractivity contribution is 1.29. The first-order chi connectivity index (χ1) is 6.77. The Morgan fingerprint density at radius 3 is 2.86 bits per heavy atom. The normalized spacial score (nSPS) is 16.7. The van der Waals surface area contributed by atoms with E-state index in [0.717, 1.165) is 22.6 Å². The Balaban J connectivity index is 2.67. The fourth-order valence-electron chi connectivity index (χ4n) is 1.65. The number of amidine groups is 2. The molecule has 0 aromatic heterocycles. The van der Waals surface area contributed by atoms with Crippen LogP contribution >= 0.6 is 0 Å². The zero-order chi connectivity index (χ0) is 10.1. The zero-order valence-electron chi connectivity index (χ0n) is 8.18. The minimum Gasteiger partial charge on any atom is -0.388 e. The zero-order valence-corrected chi connectivity index (χ0v) is 8.18. The monoisotopic (exact) mass is 188 g/mol. The smallest absolute Gasteiger partial charge is 0.134 e. The molecule has 1 heterocycles. The fourth-order valence-corrected chi connectivity index (χ4v) is 1.65. The first-order valence-corrected chi connectivity index (χ1v) is 4.41. The van der Waals surface area contributed by atoms with Crippen molar-refractivity contribution in [3.05, 3.63) is 29.3 Å². The Morgan fingerprint density at radius 1 is 1.43 bits per heavy atom. The highest BCUT2D eigenvalue weighted by atomic mass is 15.1. The van der Waals surface area contributed by atoms with E-state index in [-0.39, 0.29) is 0 Å². The molecule has 1 aromatic carbocycles. The van der Waals surface area contributed by atoms with Gasteiger partial charge >= 0.3 is 0 Å². The second-order valence-electron chi connectivity index (χ2n) is 3.05. The number of fused-ring (bicyclic) bond motifs is 1. The predicted octanol–water partition coefficient (Wildman–Crippen LogP) is 1.03. The van der Waals surface area contributed by atoms with E-state index in [9.17, 15) is 0 Å². The van der Waals surface area contributed by atoms with Crippen LogP contribution < -0.4 is 10.6 Å². The van der Waals surface area contributed by atoms with E-state index in [4.69, 9.17) is 5.41 Å². The average molecular weight is 188 g/mol. The lowest BCUT2D eigenvalue weighted by Gasteiger charge is -2.04. The van der Waals surface area contributed by atoms with Gasteiger partial charge in [-0.15, -0.1) is 0 Å². The molecule has 0 bridgehead atoms. The van der Waals surface area contributed by atoms with Crippen LogP contribution in [0.2, 0.25) is 0 Å². The molecule has 72 valence electrons. The number of nitrogens with one attached hydrogen (secondary N) is 3. The van der Waals surface area contributed by atoms with Gasteiger partial charge in [0.1, 0.15) is 11.7 Å². The number of benzene rings is 1. The summed E-state index contributed by atoms with van der Waals surface area (Å²) in [5.74, 6) is 1.17. The van der Waals surface area contributed by atoms with Gasteiger partial charge in [0.15, 0.2) is 0 Å². The standard InChI is InChI=1S/C10H12N4/c1-12-7-5-3-4-6-8(7)9(11)14-10(6)13-2/h3-5,12H,1-2H3,(H2,11,13,14). The van der Waals surface area contributed by atoms with Crippen LogP contribution in [-0.4, -0.2) is 25.8 Å². The Hall–Kier alpha value is -1.84. The van der Waals surface area contributed by atoms with E-state index < -0.39 is 0 Å². The third-order valence-corrected chi connectivity index (χ3v) is 2.31. The summed E-state index contributed by atoms with van der Waals surface area (Å²) >= 11 is 0. The minimum absolute atomic E-state index is 0.408. The van der Waals surface area contributed by atoms with Crippen molar-refractivity contribution in [1.82, 2.24) is 5.32 Å². The van der Waals surface area contributed by atoms with Crippen LogP contribution in [0.25, 0.3) is 0 Å². The van der Waals surface area contributed by atoms with Crippen molar-refractivity contribution in [2.75, 3.05) is 19.4 Å². The molecule has 0 aliphatic carbocycles. The van der Waals surface area contributed by atoms with Gasteiger partial charge in [-0.3, -0.25) is 10.4 Å². The van der Waals surface area contributed by atoms with Gasteiger partial charge in [0.05, 0.1) is 5.56 Å². The van der Waals surface area contributed by atoms with Gasteiger partial charge in [-0.25, -0.2) is 0 Å². The third-order valence-electron chi connectivity index (χ3n) is 2.31. The van der Waals surface area contributed by atoms with E-state index in [1.165, 1.54) is 0 Å². The summed E-state index contributed by atoms with van der Waals surface area (Å²) in [6, 6.07) is 5.87. The molecule has 1 aromatic rings. The van der Waals surface area contributed by atoms with Crippen LogP contribution in [0, 0.1) is 5.41 Å². The summed E-state index contributed by atoms with van der Waals surface area (Å²) in [5.41, 5.74) is 2.85. The Morgan fingerprint density at radius 2 is 2.21 bits per heavy atom. The van der Waals surface area contributed by atoms with Gasteiger partial charge in [-0.2, -0.15) is 0 Å². The van der Waals surface area contributed by atoms with Crippen LogP contribution in [0.1, 0.15) is 11.1 Å². The highest BCUT2D eigenvalue weighted by Gasteiger charge is 2.23. The molecule has 4 nitrogen and oxygen atoms in total. The average Bonchev–Trinajstić information content (AvgIpc) is 2.55. The summed E-state index contributed by atoms with van der Waals surface area (Å²) in [7, 11) is 3.57. The fraction of sp³-hybridized carbons (Fsp3) is 0.200. The van der Waals surface area contributed by atoms with E-state index in [1.54, 1.807) is 7.05 Å². The lowest BCUT2D eigenvalue weighted by Crippen LogP contribution is -2.21. The molecule has 14 heavy (non-hydrogen) atoms. The molecule has 1 aliphatic heterocycles. The molecule has 0 radical (unpaired) electrons. The van der Waals surface area contributed by atoms with Gasteiger partial charge < -0.3 is 10.6 Å². The molecular weight excluding hydrogens is 176 g/mol. The van der Waals surface area contributed by atoms with Crippen molar-refractivity contribution >= 4 is 17.4 Å². The molecule has 3 N–H and O–H groups in total. The van der Waals surface area contributed by atoms with Crippen molar-refractivity contribution < 1.29 is 0 Å². The SMILES string of the molecule is C/N=C1\NC(=N)c2c(NC)cccc21. The summed E-state index contributed by atoms with van der Waals surface area (Å²) in [4.78, 5) is 4.09. The van der Waals surface area contributed by atoms with Crippen molar-refractivity contribution in [2.24, 2.45) is 4.99 Å². The molecule has 0 spiro atoms. The molecule has 1 aliphatic rings. The Bertz CT molecular complexity index is 420. The summed E-state index contributed by atoms with van der Waals surface area (Å²) in [5, 5.41) is 13.8. The van der Waals surface area contributed by atoms with Crippen molar-refractivity contribution in [3.8, 4) is 0 Å². The van der Waals surface area contributed by atoms with Crippen LogP contribution in [0.3, 0.4) is 0 Å². The van der Waals surface area contributed by atoms with Crippen molar-refractivity contribution in [3.63, 3.8) is 0 Å². The molecule has 4 heteroatoms. The van der Waals surface area contributed by atoms with Crippen LogP contribution in [0.15, 0.2) is 23.2 Å². The van der Waals surface area contributed by atoms with E-state index >= 15 is 0 Å². The number of hydrogen-bond donors (Lipinski definition) is 3. The van der Waals surface area contributed by atoms with Gasteiger partial charge in [-0.1, -0.05) is 12.1 Å². The summed E-state index contributed by atoms with van der Waals surface area (Å²) in [6.45, 7) is 0. The molecule has 0 saturated carbocycles. The van der Waals surface area contributed by atoms with Crippen LogP contribution in [0.4, 0.5) is 5.69 Å². The largest absolute Gasteiger partial charge is 0.388 e. The molecule has 0 amide bonds. The highest BCUT2D eigenvalue weighted by Crippen LogP contribution is 2.23. The lowest BCUT2D eigenvalue weighted by atomic mass is 10.1. The molecule has 0 saturated heterocycles. The van der Waals surface area contributed by atoms with E-state index in [2.05, 4.69) is 15.6 Å². The maximum Gasteiger partial charge on any atom is 0.134 e. The summed E-state index contributed by atoms with van der Waals surface area (Å²) < 4.78 is 0. The van der Waals surface area contributed by atoms with Gasteiger partial charge in [0.25, 0.3) is 0 Å². The second-order valence-corrected chi connectivity index (χ2v) is 3.05. The van der Waals surface area contributed by atoms with Crippen molar-refractivity contribution in [2.45, 2.75) is 0 Å². The maximum absolute atomic E-state index is 7.78. The minimum atomic E-state index is 0.408. The Labute approximate surface area is 82.6 Å². The highest BCUT2D eigenvalue weighted by molar-refractivity contribution is 6.26. The quantitative estimate of drug-likeness (QED) is 0.616. The van der Waals surface area contributed by atoms with Gasteiger partial charge in [-0.05, 0) is 6.07 Å². The van der Waals surface area contributed by atoms with Gasteiger partial charge in [0, 0.05) is 25.3 Å². The van der Waals surface area contributed by atoms with Crippen LogP contribution in [0.5, 0.6) is 0 Å². The first kappa shape index (κ1) is 8.74. The predicted molar refractivity (Wildman–Crippen MR) is 58.4 cm³/mol. The second kappa shape index (κ2) is 3.14. The number of rotatable bonds is 1. The number of aliphatic imine (C=N–C) groups is 1. The molecule has 0 fully saturated rings. The first-order valence-electron chi connectivity index (χ1n) is 4.41. The molecule has 2 rings (SSSR count). The number of nitrogens with zero attached hydrogens (tertiary/aromatic N) is 1. The third kappa shape index (κ3) is 1.08. The Kier molecular flexibility index (Phi) is 1.96. The van der Waals surface area contributed by atoms with E-state index in [1.807, 2.05) is 25.2 Å². The van der Waals surface area contributed by atoms with Crippen molar-refractivity contribution in [1.29, 1.82) is 5.41 Å². The maximum atomic E-state index is 7.78. The van der Waals surface area contributed by atoms with E-state index in [0.29, 0.717) is 5.84 Å². The number of hydrogen-bond acceptors (Lipinski definition) is 3. The van der Waals surface area contributed by atoms with Gasteiger partial charge in [0.2, 0.25) is 0 Å². The number of anilines is 1. The molecular formula is C10H12N4. The molecule has 0 atom stereocenters. The topological polar surface area (TPSA) is 60.3 Å². The summed E-state index contributed by atoms with van der Waals surface area (Å²) in [6.07, 6.45) is 0. The van der Waals surface area contributed by atoms with Crippen LogP contribution in [-0.2, 0) is 0 Å².